The lowest BCUT2D eigenvalue weighted by Gasteiger charge is -2.14. The number of rotatable bonds is 4. The quantitative estimate of drug-likeness (QED) is 0.749. The molecule has 0 saturated heterocycles. The van der Waals surface area contributed by atoms with Gasteiger partial charge in [0, 0.05) is 35.8 Å². The number of pyridine rings is 2. The maximum atomic E-state index is 11.8. The van der Waals surface area contributed by atoms with Crippen molar-refractivity contribution in [2.75, 3.05) is 0 Å². The van der Waals surface area contributed by atoms with Crippen molar-refractivity contribution in [2.24, 2.45) is 5.73 Å². The summed E-state index contributed by atoms with van der Waals surface area (Å²) in [5.74, 6) is -0.383. The summed E-state index contributed by atoms with van der Waals surface area (Å²) in [4.78, 5) is 39.1. The van der Waals surface area contributed by atoms with E-state index in [1.54, 1.807) is 30.9 Å². The molecule has 0 aromatic carbocycles. The molecule has 1 saturated carbocycles. The van der Waals surface area contributed by atoms with Crippen molar-refractivity contribution in [1.82, 2.24) is 19.9 Å². The van der Waals surface area contributed by atoms with Crippen LogP contribution < -0.4 is 11.3 Å². The van der Waals surface area contributed by atoms with Gasteiger partial charge in [-0.25, -0.2) is 4.98 Å². The lowest BCUT2D eigenvalue weighted by Crippen LogP contribution is -2.29. The van der Waals surface area contributed by atoms with Gasteiger partial charge in [0.2, 0.25) is 11.5 Å². The highest BCUT2D eigenvalue weighted by Crippen LogP contribution is 2.47. The summed E-state index contributed by atoms with van der Waals surface area (Å²) in [5, 5.41) is 0. The first-order valence-electron chi connectivity index (χ1n) is 7.87. The molecule has 0 spiro atoms. The fourth-order valence-electron chi connectivity index (χ4n) is 2.85. The van der Waals surface area contributed by atoms with Crippen LogP contribution in [-0.4, -0.2) is 25.8 Å². The molecule has 7 heteroatoms. The third-order valence-electron chi connectivity index (χ3n) is 4.50. The van der Waals surface area contributed by atoms with Crippen LogP contribution in [0.3, 0.4) is 0 Å². The van der Waals surface area contributed by atoms with Crippen LogP contribution in [0.25, 0.3) is 22.5 Å². The van der Waals surface area contributed by atoms with Crippen molar-refractivity contribution in [2.45, 2.75) is 18.3 Å². The average molecular weight is 333 g/mol. The van der Waals surface area contributed by atoms with Crippen LogP contribution >= 0.6 is 0 Å². The number of aromatic nitrogens is 4. The van der Waals surface area contributed by atoms with Crippen LogP contribution in [0.2, 0.25) is 0 Å². The van der Waals surface area contributed by atoms with Crippen molar-refractivity contribution < 1.29 is 4.79 Å². The van der Waals surface area contributed by atoms with E-state index in [4.69, 9.17) is 10.7 Å². The van der Waals surface area contributed by atoms with Gasteiger partial charge in [0.1, 0.15) is 0 Å². The van der Waals surface area contributed by atoms with E-state index < -0.39 is 5.41 Å². The fourth-order valence-corrected chi connectivity index (χ4v) is 2.85. The highest BCUT2D eigenvalue weighted by Gasteiger charge is 2.51. The molecule has 0 aliphatic heterocycles. The van der Waals surface area contributed by atoms with Gasteiger partial charge in [0.25, 0.3) is 0 Å². The Morgan fingerprint density at radius 3 is 2.44 bits per heavy atom. The number of nitrogens with zero attached hydrogens (tertiary/aromatic N) is 3. The number of carbonyl (C=O) groups excluding carboxylic acids is 1. The molecule has 25 heavy (non-hydrogen) atoms. The Bertz CT molecular complexity index is 989. The smallest absolute Gasteiger partial charge is 0.247 e. The van der Waals surface area contributed by atoms with E-state index in [9.17, 15) is 9.59 Å². The Hall–Kier alpha value is -3.35. The Balaban J connectivity index is 1.92. The zero-order chi connectivity index (χ0) is 17.4. The molecule has 4 rings (SSSR count). The van der Waals surface area contributed by atoms with Crippen molar-refractivity contribution in [1.29, 1.82) is 0 Å². The highest BCUT2D eigenvalue weighted by molar-refractivity contribution is 5.89. The van der Waals surface area contributed by atoms with Gasteiger partial charge < -0.3 is 10.7 Å². The van der Waals surface area contributed by atoms with E-state index in [1.165, 1.54) is 6.07 Å². The molecule has 1 aliphatic rings. The molecule has 0 atom stereocenters. The van der Waals surface area contributed by atoms with Gasteiger partial charge >= 0.3 is 0 Å². The van der Waals surface area contributed by atoms with E-state index >= 15 is 0 Å². The Labute approximate surface area is 143 Å². The molecule has 1 amide bonds. The lowest BCUT2D eigenvalue weighted by atomic mass is 10.0. The molecule has 7 nitrogen and oxygen atoms in total. The first-order valence-corrected chi connectivity index (χ1v) is 7.87. The van der Waals surface area contributed by atoms with Gasteiger partial charge in [0.15, 0.2) is 0 Å². The Morgan fingerprint density at radius 1 is 1.08 bits per heavy atom. The number of hydrogen-bond donors (Lipinski definition) is 2. The number of hydrogen-bond acceptors (Lipinski definition) is 5. The van der Waals surface area contributed by atoms with E-state index in [0.29, 0.717) is 35.5 Å². The summed E-state index contributed by atoms with van der Waals surface area (Å²) < 4.78 is 0. The maximum Gasteiger partial charge on any atom is 0.247 e. The molecule has 3 aromatic heterocycles. The minimum atomic E-state index is -0.722. The van der Waals surface area contributed by atoms with Gasteiger partial charge in [-0.2, -0.15) is 0 Å². The van der Waals surface area contributed by atoms with Crippen LogP contribution in [-0.2, 0) is 10.2 Å². The van der Waals surface area contributed by atoms with Crippen molar-refractivity contribution in [3.8, 4) is 22.5 Å². The molecule has 3 heterocycles. The molecule has 0 bridgehead atoms. The molecular formula is C18H15N5O2. The predicted molar refractivity (Wildman–Crippen MR) is 91.4 cm³/mol. The van der Waals surface area contributed by atoms with Crippen molar-refractivity contribution in [3.05, 3.63) is 65.1 Å². The molecule has 1 aliphatic carbocycles. The second-order valence-corrected chi connectivity index (χ2v) is 6.08. The number of aromatic amines is 1. The third kappa shape index (κ3) is 2.59. The summed E-state index contributed by atoms with van der Waals surface area (Å²) in [7, 11) is 0. The van der Waals surface area contributed by atoms with Gasteiger partial charge in [-0.15, -0.1) is 0 Å². The van der Waals surface area contributed by atoms with Crippen LogP contribution in [0.1, 0.15) is 18.5 Å². The summed E-state index contributed by atoms with van der Waals surface area (Å²) in [6, 6.07) is 6.78. The van der Waals surface area contributed by atoms with Crippen molar-refractivity contribution >= 4 is 5.91 Å². The van der Waals surface area contributed by atoms with Gasteiger partial charge in [-0.05, 0) is 31.0 Å². The summed E-state index contributed by atoms with van der Waals surface area (Å²) in [6.45, 7) is 0. The predicted octanol–water partition coefficient (Wildman–Crippen LogP) is 1.41. The lowest BCUT2D eigenvalue weighted by molar-refractivity contribution is -0.120. The monoisotopic (exact) mass is 333 g/mol. The van der Waals surface area contributed by atoms with Crippen LogP contribution in [0.4, 0.5) is 0 Å². The zero-order valence-electron chi connectivity index (χ0n) is 13.3. The van der Waals surface area contributed by atoms with Crippen LogP contribution in [0, 0.1) is 0 Å². The molecule has 3 N–H and O–H groups in total. The van der Waals surface area contributed by atoms with E-state index in [2.05, 4.69) is 15.0 Å². The molecular weight excluding hydrogens is 318 g/mol. The number of H-pyrrole nitrogens is 1. The second-order valence-electron chi connectivity index (χ2n) is 6.08. The minimum Gasteiger partial charge on any atom is -0.369 e. The van der Waals surface area contributed by atoms with Gasteiger partial charge in [0.05, 0.1) is 28.7 Å². The fraction of sp³-hybridized carbons (Fsp3) is 0.167. The second kappa shape index (κ2) is 5.62. The average Bonchev–Trinajstić information content (AvgIpc) is 3.45. The first-order chi connectivity index (χ1) is 12.1. The normalized spacial score (nSPS) is 14.9. The van der Waals surface area contributed by atoms with Gasteiger partial charge in [-0.1, -0.05) is 0 Å². The number of carbonyl (C=O) groups is 1. The third-order valence-corrected chi connectivity index (χ3v) is 4.50. The zero-order valence-corrected chi connectivity index (χ0v) is 13.3. The van der Waals surface area contributed by atoms with Crippen molar-refractivity contribution in [3.63, 3.8) is 0 Å². The molecule has 0 unspecified atom stereocenters. The summed E-state index contributed by atoms with van der Waals surface area (Å²) in [6.07, 6.45) is 7.90. The maximum absolute atomic E-state index is 11.8. The Morgan fingerprint density at radius 2 is 1.84 bits per heavy atom. The molecule has 3 aromatic rings. The largest absolute Gasteiger partial charge is 0.369 e. The van der Waals surface area contributed by atoms with Crippen LogP contribution in [0.5, 0.6) is 0 Å². The summed E-state index contributed by atoms with van der Waals surface area (Å²) in [5.41, 5.74) is 8.00. The minimum absolute atomic E-state index is 0.200. The first kappa shape index (κ1) is 15.2. The molecule has 124 valence electrons. The van der Waals surface area contributed by atoms with E-state index in [0.717, 1.165) is 5.56 Å². The number of primary amides is 1. The standard InChI is InChI=1S/C18H15N5O2/c19-17(25)18(5-6-18)13-10-22-15(11-3-7-20-8-4-11)16(23-13)12-1-2-14(24)21-9-12/h1-4,7-10H,5-6H2,(H2,19,25)(H,21,24). The van der Waals surface area contributed by atoms with Crippen LogP contribution in [0.15, 0.2) is 53.8 Å². The SMILES string of the molecule is NC(=O)C1(c2cnc(-c3ccncc3)c(-c3ccc(=O)[nH]c3)n2)CC1. The Kier molecular flexibility index (Phi) is 3.42. The summed E-state index contributed by atoms with van der Waals surface area (Å²) >= 11 is 0. The van der Waals surface area contributed by atoms with Gasteiger partial charge in [-0.3, -0.25) is 19.6 Å². The van der Waals surface area contributed by atoms with E-state index in [-0.39, 0.29) is 11.5 Å². The topological polar surface area (TPSA) is 115 Å². The number of amides is 1. The van der Waals surface area contributed by atoms with E-state index in [1.807, 2.05) is 12.1 Å². The number of nitrogens with two attached hydrogens (primary N) is 1. The highest BCUT2D eigenvalue weighted by atomic mass is 16.1. The molecule has 0 radical (unpaired) electrons. The number of nitrogens with one attached hydrogen (secondary N) is 1. The molecule has 1 fully saturated rings.